The minimum Gasteiger partial charge on any atom is -0.346 e. The first-order chi connectivity index (χ1) is 11.5. The molecule has 1 aliphatic rings. The van der Waals surface area contributed by atoms with Crippen LogP contribution in [-0.2, 0) is 14.4 Å². The van der Waals surface area contributed by atoms with Gasteiger partial charge in [-0.1, -0.05) is 41.5 Å². The van der Waals surface area contributed by atoms with Gasteiger partial charge in [0.05, 0.1) is 0 Å². The molecule has 0 aromatic rings. The van der Waals surface area contributed by atoms with Crippen LogP contribution >= 0.6 is 0 Å². The van der Waals surface area contributed by atoms with Crippen LogP contribution in [0.3, 0.4) is 0 Å². The molecule has 5 heteroatoms. The van der Waals surface area contributed by atoms with E-state index in [-0.39, 0.29) is 24.2 Å². The van der Waals surface area contributed by atoms with E-state index in [1.54, 1.807) is 18.9 Å². The number of carbonyl (C=O) groups excluding carboxylic acids is 3. The van der Waals surface area contributed by atoms with Crippen molar-refractivity contribution in [2.45, 2.75) is 67.2 Å². The van der Waals surface area contributed by atoms with Gasteiger partial charge in [-0.05, 0) is 18.8 Å². The Morgan fingerprint density at radius 1 is 1.25 bits per heavy atom. The Labute approximate surface area is 148 Å². The third-order valence-corrected chi connectivity index (χ3v) is 3.91. The molecule has 0 radical (unpaired) electrons. The van der Waals surface area contributed by atoms with E-state index in [0.717, 1.165) is 25.8 Å². The molecule has 1 fully saturated rings. The second kappa shape index (κ2) is 15.2. The standard InChI is InChI=1S/C15H26N2O3.2C2H6/c1-12-6-9-17(11-12)14(19)5-4-8-16(3)15(20)13(2)7-10-18;2*1-2/h10,12-13H,4-9,11H2,1-3H3;2*1-2H3. The monoisotopic (exact) mass is 342 g/mol. The van der Waals surface area contributed by atoms with Crippen molar-refractivity contribution < 1.29 is 14.4 Å². The molecule has 2 atom stereocenters. The normalized spacial score (nSPS) is 17.0. The van der Waals surface area contributed by atoms with Crippen LogP contribution in [0.1, 0.15) is 67.2 Å². The summed E-state index contributed by atoms with van der Waals surface area (Å²) in [5.41, 5.74) is 0. The average Bonchev–Trinajstić information content (AvgIpc) is 3.04. The molecule has 142 valence electrons. The van der Waals surface area contributed by atoms with Gasteiger partial charge < -0.3 is 14.6 Å². The molecule has 1 saturated heterocycles. The van der Waals surface area contributed by atoms with Gasteiger partial charge in [0.15, 0.2) is 0 Å². The number of amides is 2. The van der Waals surface area contributed by atoms with E-state index >= 15 is 0 Å². The molecule has 1 aliphatic heterocycles. The predicted octanol–water partition coefficient (Wildman–Crippen LogP) is 3.37. The molecule has 0 aliphatic carbocycles. The van der Waals surface area contributed by atoms with Crippen LogP contribution in [0.2, 0.25) is 0 Å². The largest absolute Gasteiger partial charge is 0.346 e. The van der Waals surface area contributed by atoms with Gasteiger partial charge in [0.1, 0.15) is 6.29 Å². The van der Waals surface area contributed by atoms with Gasteiger partial charge in [0.25, 0.3) is 0 Å². The Morgan fingerprint density at radius 2 is 1.83 bits per heavy atom. The maximum atomic E-state index is 12.0. The molecule has 5 nitrogen and oxygen atoms in total. The van der Waals surface area contributed by atoms with Gasteiger partial charge in [-0.2, -0.15) is 0 Å². The number of likely N-dealkylation sites (tertiary alicyclic amines) is 1. The number of carbonyl (C=O) groups is 3. The highest BCUT2D eigenvalue weighted by Gasteiger charge is 2.23. The minimum atomic E-state index is -0.271. The van der Waals surface area contributed by atoms with Crippen molar-refractivity contribution >= 4 is 18.1 Å². The molecule has 0 aromatic heterocycles. The highest BCUT2D eigenvalue weighted by molar-refractivity contribution is 5.80. The van der Waals surface area contributed by atoms with Gasteiger partial charge in [-0.25, -0.2) is 0 Å². The summed E-state index contributed by atoms with van der Waals surface area (Å²) in [6.45, 7) is 14.2. The third kappa shape index (κ3) is 9.68. The fraction of sp³-hybridized carbons (Fsp3) is 0.842. The molecule has 0 aromatic carbocycles. The van der Waals surface area contributed by atoms with E-state index in [4.69, 9.17) is 0 Å². The first kappa shape index (κ1) is 24.9. The van der Waals surface area contributed by atoms with Crippen LogP contribution in [0.15, 0.2) is 0 Å². The van der Waals surface area contributed by atoms with Crippen LogP contribution in [-0.4, -0.2) is 54.6 Å². The van der Waals surface area contributed by atoms with Crippen LogP contribution in [0.25, 0.3) is 0 Å². The summed E-state index contributed by atoms with van der Waals surface area (Å²) in [5.74, 6) is 0.496. The van der Waals surface area contributed by atoms with Crippen molar-refractivity contribution in [2.75, 3.05) is 26.7 Å². The smallest absolute Gasteiger partial charge is 0.225 e. The molecule has 0 N–H and O–H groups in total. The van der Waals surface area contributed by atoms with Crippen molar-refractivity contribution in [3.05, 3.63) is 0 Å². The zero-order valence-corrected chi connectivity index (χ0v) is 16.8. The van der Waals surface area contributed by atoms with Crippen molar-refractivity contribution in [3.63, 3.8) is 0 Å². The highest BCUT2D eigenvalue weighted by Crippen LogP contribution is 2.16. The summed E-state index contributed by atoms with van der Waals surface area (Å²) >= 11 is 0. The molecule has 2 amide bonds. The van der Waals surface area contributed by atoms with Gasteiger partial charge in [0, 0.05) is 45.4 Å². The summed E-state index contributed by atoms with van der Waals surface area (Å²) in [4.78, 5) is 37.8. The predicted molar refractivity (Wildman–Crippen MR) is 99.8 cm³/mol. The van der Waals surface area contributed by atoms with E-state index in [0.29, 0.717) is 25.3 Å². The van der Waals surface area contributed by atoms with Gasteiger partial charge in [0.2, 0.25) is 11.8 Å². The molecule has 24 heavy (non-hydrogen) atoms. The van der Waals surface area contributed by atoms with E-state index in [1.165, 1.54) is 0 Å². The van der Waals surface area contributed by atoms with Crippen molar-refractivity contribution in [1.82, 2.24) is 9.80 Å². The molecule has 2 unspecified atom stereocenters. The Hall–Kier alpha value is -1.39. The van der Waals surface area contributed by atoms with Crippen LogP contribution in [0.5, 0.6) is 0 Å². The highest BCUT2D eigenvalue weighted by atomic mass is 16.2. The van der Waals surface area contributed by atoms with Crippen LogP contribution in [0.4, 0.5) is 0 Å². The molecular weight excluding hydrogens is 304 g/mol. The van der Waals surface area contributed by atoms with E-state index in [2.05, 4.69) is 6.92 Å². The second-order valence-electron chi connectivity index (χ2n) is 5.90. The molecule has 0 spiro atoms. The van der Waals surface area contributed by atoms with E-state index in [1.807, 2.05) is 32.6 Å². The van der Waals surface area contributed by atoms with Crippen LogP contribution in [0, 0.1) is 11.8 Å². The summed E-state index contributed by atoms with van der Waals surface area (Å²) in [7, 11) is 1.73. The lowest BCUT2D eigenvalue weighted by Gasteiger charge is -2.21. The van der Waals surface area contributed by atoms with E-state index in [9.17, 15) is 14.4 Å². The molecule has 1 rings (SSSR count). The summed E-state index contributed by atoms with van der Waals surface area (Å²) in [5, 5.41) is 0. The van der Waals surface area contributed by atoms with E-state index < -0.39 is 0 Å². The number of hydrogen-bond acceptors (Lipinski definition) is 3. The molecule has 1 heterocycles. The minimum absolute atomic E-state index is 0.0284. The molecular formula is C19H38N2O3. The zero-order valence-electron chi connectivity index (χ0n) is 16.8. The van der Waals surface area contributed by atoms with Crippen LogP contribution < -0.4 is 0 Å². The first-order valence-electron chi connectivity index (χ1n) is 9.42. The Bertz CT molecular complexity index is 359. The fourth-order valence-corrected chi connectivity index (χ4v) is 2.52. The zero-order chi connectivity index (χ0) is 19.1. The lowest BCUT2D eigenvalue weighted by atomic mass is 10.1. The first-order valence-corrected chi connectivity index (χ1v) is 9.42. The number of hydrogen-bond donors (Lipinski definition) is 0. The van der Waals surface area contributed by atoms with Crippen molar-refractivity contribution in [1.29, 1.82) is 0 Å². The lowest BCUT2D eigenvalue weighted by molar-refractivity contribution is -0.135. The van der Waals surface area contributed by atoms with Gasteiger partial charge in [-0.3, -0.25) is 9.59 Å². The maximum Gasteiger partial charge on any atom is 0.225 e. The number of aldehydes is 1. The third-order valence-electron chi connectivity index (χ3n) is 3.91. The SMILES string of the molecule is CC.CC.CC1CCN(C(=O)CCCN(C)C(=O)C(C)CC=O)C1. The summed E-state index contributed by atoms with van der Waals surface area (Å²) < 4.78 is 0. The lowest BCUT2D eigenvalue weighted by Crippen LogP contribution is -2.34. The average molecular weight is 343 g/mol. The van der Waals surface area contributed by atoms with Gasteiger partial charge in [-0.15, -0.1) is 0 Å². The Balaban J connectivity index is 0. The molecule has 0 bridgehead atoms. The Morgan fingerprint density at radius 3 is 2.29 bits per heavy atom. The maximum absolute atomic E-state index is 12.0. The van der Waals surface area contributed by atoms with Crippen molar-refractivity contribution in [3.8, 4) is 0 Å². The topological polar surface area (TPSA) is 57.7 Å². The second-order valence-corrected chi connectivity index (χ2v) is 5.90. The summed E-state index contributed by atoms with van der Waals surface area (Å²) in [6.07, 6.45) is 3.29. The van der Waals surface area contributed by atoms with Crippen molar-refractivity contribution in [2.24, 2.45) is 11.8 Å². The molecule has 0 saturated carbocycles. The fourth-order valence-electron chi connectivity index (χ4n) is 2.52. The summed E-state index contributed by atoms with van der Waals surface area (Å²) in [6, 6.07) is 0. The quantitative estimate of drug-likeness (QED) is 0.667. The number of nitrogens with zero attached hydrogens (tertiary/aromatic N) is 2. The Kier molecular flexibility index (Phi) is 15.7. The number of rotatable bonds is 7. The van der Waals surface area contributed by atoms with Gasteiger partial charge >= 0.3 is 0 Å².